The number of nitrogens with one attached hydrogen (secondary N) is 3. The molecule has 0 spiro atoms. The number of hydrogen-bond acceptors (Lipinski definition) is 6. The van der Waals surface area contributed by atoms with Crippen LogP contribution in [0.4, 0.5) is 11.5 Å². The first-order valence-electron chi connectivity index (χ1n) is 10.3. The van der Waals surface area contributed by atoms with Crippen molar-refractivity contribution in [1.29, 1.82) is 0 Å². The summed E-state index contributed by atoms with van der Waals surface area (Å²) in [7, 11) is 1.55. The number of aryl methyl sites for hydroxylation is 1. The van der Waals surface area contributed by atoms with Crippen LogP contribution in [0.5, 0.6) is 0 Å². The molecule has 1 saturated heterocycles. The number of nitrogens with zero attached hydrogens (tertiary/aromatic N) is 2. The molecule has 0 saturated carbocycles. The monoisotopic (exact) mass is 391 g/mol. The molecule has 3 heterocycles. The molecule has 1 fully saturated rings. The Hall–Kier alpha value is -2.86. The van der Waals surface area contributed by atoms with Crippen LogP contribution in [0.3, 0.4) is 0 Å². The summed E-state index contributed by atoms with van der Waals surface area (Å²) in [6.07, 6.45) is 6.46. The smallest absolute Gasteiger partial charge is 0.136 e. The van der Waals surface area contributed by atoms with Gasteiger partial charge in [0.2, 0.25) is 0 Å². The second kappa shape index (κ2) is 8.66. The lowest BCUT2D eigenvalue weighted by molar-refractivity contribution is 0.213. The highest BCUT2D eigenvalue weighted by molar-refractivity contribution is 5.97. The first-order chi connectivity index (χ1) is 14.2. The average molecular weight is 392 g/mol. The largest absolute Gasteiger partial charge is 0.399 e. The van der Waals surface area contributed by atoms with Crippen molar-refractivity contribution >= 4 is 23.3 Å². The normalized spacial score (nSPS) is 16.9. The lowest BCUT2D eigenvalue weighted by Gasteiger charge is -2.25. The lowest BCUT2D eigenvalue weighted by atomic mass is 9.87. The molecule has 0 atom stereocenters. The summed E-state index contributed by atoms with van der Waals surface area (Å²) in [5.41, 5.74) is 7.72. The van der Waals surface area contributed by atoms with Crippen LogP contribution < -0.4 is 16.0 Å². The third-order valence-electron chi connectivity index (χ3n) is 5.73. The van der Waals surface area contributed by atoms with Gasteiger partial charge in [0, 0.05) is 17.8 Å². The molecule has 1 aromatic carbocycles. The van der Waals surface area contributed by atoms with Gasteiger partial charge >= 0.3 is 0 Å². The average Bonchev–Trinajstić information content (AvgIpc) is 2.74. The van der Waals surface area contributed by atoms with Crippen LogP contribution in [-0.2, 0) is 11.4 Å². The summed E-state index contributed by atoms with van der Waals surface area (Å²) < 4.78 is 0. The van der Waals surface area contributed by atoms with E-state index in [0.29, 0.717) is 5.92 Å². The van der Waals surface area contributed by atoms with Gasteiger partial charge in [-0.1, -0.05) is 11.2 Å². The van der Waals surface area contributed by atoms with Crippen LogP contribution >= 0.6 is 0 Å². The topological polar surface area (TPSA) is 70.6 Å². The minimum absolute atomic E-state index is 0.654. The molecular weight excluding hydrogens is 362 g/mol. The Labute approximate surface area is 172 Å². The van der Waals surface area contributed by atoms with E-state index in [-0.39, 0.29) is 0 Å². The Morgan fingerprint density at radius 3 is 2.83 bits per heavy atom. The van der Waals surface area contributed by atoms with E-state index in [1.165, 1.54) is 24.0 Å². The molecule has 0 radical (unpaired) electrons. The number of piperidine rings is 1. The molecule has 2 aliphatic rings. The van der Waals surface area contributed by atoms with E-state index in [9.17, 15) is 0 Å². The van der Waals surface area contributed by atoms with Gasteiger partial charge in [0.25, 0.3) is 0 Å². The SMILES string of the molecule is CO/N=C(\C)c1cc2c(c(Nc3ccc(C4CCNCC4)c(C)c3)n1)CNC=C2. The van der Waals surface area contributed by atoms with E-state index >= 15 is 0 Å². The van der Waals surface area contributed by atoms with Gasteiger partial charge in [-0.2, -0.15) is 0 Å². The van der Waals surface area contributed by atoms with Crippen molar-refractivity contribution in [2.75, 3.05) is 25.5 Å². The molecule has 29 heavy (non-hydrogen) atoms. The summed E-state index contributed by atoms with van der Waals surface area (Å²) in [5.74, 6) is 1.51. The number of fused-ring (bicyclic) bond motifs is 1. The summed E-state index contributed by atoms with van der Waals surface area (Å²) in [6, 6.07) is 8.74. The molecule has 6 nitrogen and oxygen atoms in total. The van der Waals surface area contributed by atoms with Crippen molar-refractivity contribution in [2.24, 2.45) is 5.16 Å². The Bertz CT molecular complexity index is 945. The van der Waals surface area contributed by atoms with Gasteiger partial charge in [-0.05, 0) is 92.9 Å². The van der Waals surface area contributed by atoms with Gasteiger partial charge in [0.1, 0.15) is 18.6 Å². The maximum absolute atomic E-state index is 4.94. The number of anilines is 2. The van der Waals surface area contributed by atoms with Crippen molar-refractivity contribution < 1.29 is 4.84 Å². The minimum atomic E-state index is 0.654. The number of aromatic nitrogens is 1. The van der Waals surface area contributed by atoms with E-state index in [1.807, 2.05) is 13.1 Å². The quantitative estimate of drug-likeness (QED) is 0.530. The molecule has 3 N–H and O–H groups in total. The molecule has 0 amide bonds. The van der Waals surface area contributed by atoms with Crippen molar-refractivity contribution in [3.63, 3.8) is 0 Å². The van der Waals surface area contributed by atoms with Crippen molar-refractivity contribution in [3.05, 3.63) is 58.4 Å². The Kier molecular flexibility index (Phi) is 5.81. The van der Waals surface area contributed by atoms with Gasteiger partial charge in [0.15, 0.2) is 0 Å². The van der Waals surface area contributed by atoms with Crippen LogP contribution in [0.15, 0.2) is 35.6 Å². The molecule has 152 valence electrons. The number of benzene rings is 1. The van der Waals surface area contributed by atoms with Crippen LogP contribution in [0, 0.1) is 6.92 Å². The fourth-order valence-electron chi connectivity index (χ4n) is 4.19. The molecule has 0 aliphatic carbocycles. The highest BCUT2D eigenvalue weighted by atomic mass is 16.6. The Morgan fingerprint density at radius 1 is 1.24 bits per heavy atom. The van der Waals surface area contributed by atoms with Gasteiger partial charge in [-0.25, -0.2) is 4.98 Å². The van der Waals surface area contributed by atoms with Crippen molar-refractivity contribution in [2.45, 2.75) is 39.2 Å². The number of pyridine rings is 1. The van der Waals surface area contributed by atoms with E-state index in [4.69, 9.17) is 9.82 Å². The van der Waals surface area contributed by atoms with Gasteiger partial charge in [-0.15, -0.1) is 0 Å². The number of oxime groups is 1. The van der Waals surface area contributed by atoms with Crippen molar-refractivity contribution in [1.82, 2.24) is 15.6 Å². The highest BCUT2D eigenvalue weighted by Crippen LogP contribution is 2.31. The van der Waals surface area contributed by atoms with E-state index in [1.54, 1.807) is 7.11 Å². The Balaban J connectivity index is 1.65. The first-order valence-corrected chi connectivity index (χ1v) is 10.3. The zero-order valence-electron chi connectivity index (χ0n) is 17.4. The predicted molar refractivity (Wildman–Crippen MR) is 119 cm³/mol. The fraction of sp³-hybridized carbons (Fsp3) is 0.391. The molecule has 4 rings (SSSR count). The zero-order valence-corrected chi connectivity index (χ0v) is 17.4. The second-order valence-electron chi connectivity index (χ2n) is 7.72. The zero-order chi connectivity index (χ0) is 20.2. The summed E-state index contributed by atoms with van der Waals surface area (Å²) in [5, 5.41) is 14.3. The third-order valence-corrected chi connectivity index (χ3v) is 5.73. The maximum atomic E-state index is 4.94. The van der Waals surface area contributed by atoms with E-state index in [0.717, 1.165) is 53.7 Å². The maximum Gasteiger partial charge on any atom is 0.136 e. The predicted octanol–water partition coefficient (Wildman–Crippen LogP) is 4.04. The highest BCUT2D eigenvalue weighted by Gasteiger charge is 2.18. The van der Waals surface area contributed by atoms with Gasteiger partial charge in [0.05, 0.1) is 5.69 Å². The van der Waals surface area contributed by atoms with Crippen molar-refractivity contribution in [3.8, 4) is 0 Å². The minimum Gasteiger partial charge on any atom is -0.399 e. The third kappa shape index (κ3) is 4.27. The molecule has 2 aliphatic heterocycles. The van der Waals surface area contributed by atoms with Crippen LogP contribution in [-0.4, -0.2) is 30.9 Å². The summed E-state index contributed by atoms with van der Waals surface area (Å²) in [4.78, 5) is 9.78. The van der Waals surface area contributed by atoms with E-state index in [2.05, 4.69) is 58.4 Å². The van der Waals surface area contributed by atoms with Crippen LogP contribution in [0.2, 0.25) is 0 Å². The summed E-state index contributed by atoms with van der Waals surface area (Å²) >= 11 is 0. The molecule has 0 bridgehead atoms. The van der Waals surface area contributed by atoms with E-state index < -0.39 is 0 Å². The van der Waals surface area contributed by atoms with Gasteiger partial charge < -0.3 is 20.8 Å². The molecule has 2 aromatic rings. The van der Waals surface area contributed by atoms with Gasteiger partial charge in [-0.3, -0.25) is 0 Å². The van der Waals surface area contributed by atoms with Crippen LogP contribution in [0.1, 0.15) is 53.6 Å². The lowest BCUT2D eigenvalue weighted by Crippen LogP contribution is -2.26. The number of hydrogen-bond donors (Lipinski definition) is 3. The molecule has 0 unspecified atom stereocenters. The standard InChI is InChI=1S/C23H29N5O/c1-15-12-19(4-5-20(15)17-6-9-24-10-7-17)26-23-21-14-25-11-8-18(21)13-22(27-23)16(2)28-29-3/h4-5,8,11-13,17,24-25H,6-7,9-10,14H2,1-3H3,(H,26,27)/b28-16+. The van der Waals surface area contributed by atoms with Crippen LogP contribution in [0.25, 0.3) is 6.08 Å². The molecular formula is C23H29N5O. The summed E-state index contributed by atoms with van der Waals surface area (Å²) in [6.45, 7) is 7.08. The fourth-order valence-corrected chi connectivity index (χ4v) is 4.19. The molecule has 6 heteroatoms. The Morgan fingerprint density at radius 2 is 2.07 bits per heavy atom. The molecule has 1 aromatic heterocycles. The first kappa shape index (κ1) is 19.5. The second-order valence-corrected chi connectivity index (χ2v) is 7.72. The number of rotatable bonds is 5.